The Kier molecular flexibility index (Phi) is 3.49. The van der Waals surface area contributed by atoms with Gasteiger partial charge in [0.1, 0.15) is 0 Å². The second-order valence-corrected chi connectivity index (χ2v) is 4.62. The molecule has 1 aliphatic rings. The van der Waals surface area contributed by atoms with Crippen LogP contribution in [0.15, 0.2) is 18.2 Å². The van der Waals surface area contributed by atoms with Crippen molar-refractivity contribution < 1.29 is 0 Å². The Morgan fingerprint density at radius 2 is 2.25 bits per heavy atom. The van der Waals surface area contributed by atoms with E-state index in [0.717, 1.165) is 19.5 Å². The van der Waals surface area contributed by atoms with E-state index in [1.54, 1.807) is 0 Å². The van der Waals surface area contributed by atoms with Gasteiger partial charge in [0.05, 0.1) is 0 Å². The Morgan fingerprint density at radius 1 is 1.44 bits per heavy atom. The molecule has 1 aliphatic heterocycles. The molecule has 2 heteroatoms. The zero-order valence-corrected chi connectivity index (χ0v) is 10.6. The normalized spacial score (nSPS) is 18.9. The van der Waals surface area contributed by atoms with Gasteiger partial charge in [-0.1, -0.05) is 18.2 Å². The smallest absolute Gasteiger partial charge is 0.0435 e. The van der Waals surface area contributed by atoms with Crippen LogP contribution in [-0.2, 0) is 12.8 Å². The second-order valence-electron chi connectivity index (χ2n) is 4.62. The standard InChI is InChI=1S/C14H22N2/c1-4-16-11(2)10-13-7-5-6-12(14(13)16)8-9-15-3/h5-7,11,15H,4,8-10H2,1-3H3. The van der Waals surface area contributed by atoms with E-state index in [2.05, 4.69) is 42.3 Å². The molecule has 0 spiro atoms. The maximum Gasteiger partial charge on any atom is 0.0435 e. The van der Waals surface area contributed by atoms with Crippen molar-refractivity contribution in [2.24, 2.45) is 0 Å². The number of anilines is 1. The number of likely N-dealkylation sites (N-methyl/N-ethyl adjacent to an activating group) is 2. The summed E-state index contributed by atoms with van der Waals surface area (Å²) in [5.74, 6) is 0. The summed E-state index contributed by atoms with van der Waals surface area (Å²) < 4.78 is 0. The first-order valence-electron chi connectivity index (χ1n) is 6.30. The molecule has 0 saturated heterocycles. The quantitative estimate of drug-likeness (QED) is 0.833. The first-order valence-corrected chi connectivity index (χ1v) is 6.30. The molecule has 16 heavy (non-hydrogen) atoms. The minimum absolute atomic E-state index is 0.663. The summed E-state index contributed by atoms with van der Waals surface area (Å²) in [5.41, 5.74) is 4.54. The molecule has 1 aromatic rings. The summed E-state index contributed by atoms with van der Waals surface area (Å²) in [7, 11) is 2.02. The van der Waals surface area contributed by atoms with Gasteiger partial charge in [0, 0.05) is 18.3 Å². The molecule has 0 fully saturated rings. The van der Waals surface area contributed by atoms with Gasteiger partial charge in [0.2, 0.25) is 0 Å². The average Bonchev–Trinajstić information content (AvgIpc) is 2.62. The van der Waals surface area contributed by atoms with Crippen molar-refractivity contribution in [3.8, 4) is 0 Å². The monoisotopic (exact) mass is 218 g/mol. The Labute approximate surface area is 98.7 Å². The topological polar surface area (TPSA) is 15.3 Å². The molecule has 0 aromatic heterocycles. The first-order chi connectivity index (χ1) is 7.77. The van der Waals surface area contributed by atoms with Crippen molar-refractivity contribution in [3.05, 3.63) is 29.3 Å². The van der Waals surface area contributed by atoms with Crippen LogP contribution in [0.4, 0.5) is 5.69 Å². The predicted molar refractivity (Wildman–Crippen MR) is 70.3 cm³/mol. The summed E-state index contributed by atoms with van der Waals surface area (Å²) in [6.07, 6.45) is 2.33. The van der Waals surface area contributed by atoms with Gasteiger partial charge in [-0.25, -0.2) is 0 Å². The Hall–Kier alpha value is -1.02. The highest BCUT2D eigenvalue weighted by Crippen LogP contribution is 2.35. The van der Waals surface area contributed by atoms with E-state index in [1.165, 1.54) is 23.2 Å². The van der Waals surface area contributed by atoms with Crippen LogP contribution >= 0.6 is 0 Å². The van der Waals surface area contributed by atoms with Gasteiger partial charge >= 0.3 is 0 Å². The third-order valence-corrected chi connectivity index (χ3v) is 3.52. The summed E-state index contributed by atoms with van der Waals surface area (Å²) in [5, 5.41) is 3.23. The van der Waals surface area contributed by atoms with Crippen molar-refractivity contribution in [1.29, 1.82) is 0 Å². The van der Waals surface area contributed by atoms with Gasteiger partial charge in [-0.3, -0.25) is 0 Å². The molecule has 0 bridgehead atoms. The van der Waals surface area contributed by atoms with Crippen LogP contribution in [0.1, 0.15) is 25.0 Å². The van der Waals surface area contributed by atoms with Gasteiger partial charge in [0.15, 0.2) is 0 Å². The van der Waals surface area contributed by atoms with Crippen molar-refractivity contribution in [3.63, 3.8) is 0 Å². The van der Waals surface area contributed by atoms with Gasteiger partial charge in [0.25, 0.3) is 0 Å². The van der Waals surface area contributed by atoms with Crippen molar-refractivity contribution >= 4 is 5.69 Å². The van der Waals surface area contributed by atoms with Gasteiger partial charge in [-0.05, 0) is 51.4 Å². The highest BCUT2D eigenvalue weighted by molar-refractivity contribution is 5.64. The molecule has 2 rings (SSSR count). The number of nitrogens with zero attached hydrogens (tertiary/aromatic N) is 1. The summed E-state index contributed by atoms with van der Waals surface area (Å²) in [6, 6.07) is 7.42. The summed E-state index contributed by atoms with van der Waals surface area (Å²) in [4.78, 5) is 2.54. The van der Waals surface area contributed by atoms with Crippen LogP contribution in [-0.4, -0.2) is 26.2 Å². The van der Waals surface area contributed by atoms with Gasteiger partial charge in [-0.2, -0.15) is 0 Å². The van der Waals surface area contributed by atoms with Crippen molar-refractivity contribution in [2.45, 2.75) is 32.7 Å². The van der Waals surface area contributed by atoms with Crippen LogP contribution < -0.4 is 10.2 Å². The second kappa shape index (κ2) is 4.88. The fourth-order valence-corrected chi connectivity index (χ4v) is 2.76. The SMILES string of the molecule is CCN1c2c(CCNC)cccc2CC1C. The number of para-hydroxylation sites is 1. The highest BCUT2D eigenvalue weighted by atomic mass is 15.2. The van der Waals surface area contributed by atoms with Crippen LogP contribution in [0.25, 0.3) is 0 Å². The van der Waals surface area contributed by atoms with E-state index in [1.807, 2.05) is 7.05 Å². The summed E-state index contributed by atoms with van der Waals surface area (Å²) in [6.45, 7) is 6.75. The number of fused-ring (bicyclic) bond motifs is 1. The Balaban J connectivity index is 2.31. The molecule has 0 saturated carbocycles. The molecule has 1 heterocycles. The minimum Gasteiger partial charge on any atom is -0.368 e. The van der Waals surface area contributed by atoms with E-state index < -0.39 is 0 Å². The molecule has 0 radical (unpaired) electrons. The van der Waals surface area contributed by atoms with E-state index in [4.69, 9.17) is 0 Å². The lowest BCUT2D eigenvalue weighted by atomic mass is 10.0. The van der Waals surface area contributed by atoms with Gasteiger partial charge in [-0.15, -0.1) is 0 Å². The molecule has 1 atom stereocenters. The van der Waals surface area contributed by atoms with Crippen molar-refractivity contribution in [1.82, 2.24) is 5.32 Å². The third-order valence-electron chi connectivity index (χ3n) is 3.52. The van der Waals surface area contributed by atoms with E-state index in [9.17, 15) is 0 Å². The number of benzene rings is 1. The molecule has 0 amide bonds. The lowest BCUT2D eigenvalue weighted by molar-refractivity contribution is 0.687. The number of hydrogen-bond donors (Lipinski definition) is 1. The zero-order valence-electron chi connectivity index (χ0n) is 10.6. The molecule has 1 unspecified atom stereocenters. The minimum atomic E-state index is 0.663. The molecule has 1 N–H and O–H groups in total. The van der Waals surface area contributed by atoms with Crippen LogP contribution in [0.5, 0.6) is 0 Å². The zero-order chi connectivity index (χ0) is 11.5. The largest absolute Gasteiger partial charge is 0.368 e. The lowest BCUT2D eigenvalue weighted by Gasteiger charge is -2.25. The fraction of sp³-hybridized carbons (Fsp3) is 0.571. The third kappa shape index (κ3) is 1.94. The van der Waals surface area contributed by atoms with E-state index in [-0.39, 0.29) is 0 Å². The fourth-order valence-electron chi connectivity index (χ4n) is 2.76. The predicted octanol–water partition coefficient (Wildman–Crippen LogP) is 2.22. The Morgan fingerprint density at radius 3 is 2.94 bits per heavy atom. The Bertz CT molecular complexity index is 360. The average molecular weight is 218 g/mol. The number of hydrogen-bond acceptors (Lipinski definition) is 2. The highest BCUT2D eigenvalue weighted by Gasteiger charge is 2.26. The molecular weight excluding hydrogens is 196 g/mol. The first kappa shape index (κ1) is 11.5. The number of rotatable bonds is 4. The van der Waals surface area contributed by atoms with Crippen molar-refractivity contribution in [2.75, 3.05) is 25.0 Å². The van der Waals surface area contributed by atoms with Crippen LogP contribution in [0.3, 0.4) is 0 Å². The van der Waals surface area contributed by atoms with Gasteiger partial charge < -0.3 is 10.2 Å². The maximum atomic E-state index is 3.23. The molecule has 0 aliphatic carbocycles. The molecule has 1 aromatic carbocycles. The van der Waals surface area contributed by atoms with Crippen LogP contribution in [0.2, 0.25) is 0 Å². The van der Waals surface area contributed by atoms with E-state index >= 15 is 0 Å². The lowest BCUT2D eigenvalue weighted by Crippen LogP contribution is -2.29. The van der Waals surface area contributed by atoms with Crippen LogP contribution in [0, 0.1) is 0 Å². The number of nitrogens with one attached hydrogen (secondary N) is 1. The summed E-state index contributed by atoms with van der Waals surface area (Å²) >= 11 is 0. The molecular formula is C14H22N2. The van der Waals surface area contributed by atoms with E-state index in [0.29, 0.717) is 6.04 Å². The molecule has 2 nitrogen and oxygen atoms in total. The molecule has 88 valence electrons. The maximum absolute atomic E-state index is 3.23.